The van der Waals surface area contributed by atoms with Crippen LogP contribution in [0.1, 0.15) is 54.4 Å². The predicted octanol–water partition coefficient (Wildman–Crippen LogP) is 2.56. The molecule has 92 valence electrons. The Morgan fingerprint density at radius 2 is 1.94 bits per heavy atom. The van der Waals surface area contributed by atoms with E-state index in [-0.39, 0.29) is 6.10 Å². The first kappa shape index (κ1) is 12.2. The summed E-state index contributed by atoms with van der Waals surface area (Å²) < 4.78 is 5.54. The second-order valence-electron chi connectivity index (χ2n) is 4.55. The minimum atomic E-state index is -0.0315. The Labute approximate surface area is 101 Å². The van der Waals surface area contributed by atoms with Crippen LogP contribution in [0.25, 0.3) is 0 Å². The lowest BCUT2D eigenvalue weighted by atomic mass is 9.85. The number of carbonyl (C=O) groups is 1. The largest absolute Gasteiger partial charge is 0.373 e. The molecule has 1 unspecified atom stereocenters. The van der Waals surface area contributed by atoms with Gasteiger partial charge in [-0.2, -0.15) is 0 Å². The fourth-order valence-electron chi connectivity index (χ4n) is 2.50. The quantitative estimate of drug-likeness (QED) is 0.751. The molecule has 0 saturated heterocycles. The van der Waals surface area contributed by atoms with Gasteiger partial charge < -0.3 is 4.74 Å². The summed E-state index contributed by atoms with van der Waals surface area (Å²) in [6.45, 7) is 0. The molecule has 17 heavy (non-hydrogen) atoms. The third-order valence-electron chi connectivity index (χ3n) is 3.41. The van der Waals surface area contributed by atoms with Crippen molar-refractivity contribution < 1.29 is 9.53 Å². The molecule has 0 radical (unpaired) electrons. The number of hydrogen-bond donors (Lipinski definition) is 0. The van der Waals surface area contributed by atoms with Gasteiger partial charge in [0.05, 0.1) is 5.56 Å². The lowest BCUT2D eigenvalue weighted by Crippen LogP contribution is -2.20. The molecule has 0 amide bonds. The van der Waals surface area contributed by atoms with Gasteiger partial charge in [0.25, 0.3) is 0 Å². The molecule has 1 aliphatic rings. The van der Waals surface area contributed by atoms with E-state index in [2.05, 4.69) is 9.97 Å². The van der Waals surface area contributed by atoms with Crippen molar-refractivity contribution in [2.45, 2.75) is 38.2 Å². The molecule has 4 heteroatoms. The van der Waals surface area contributed by atoms with Gasteiger partial charge in [-0.1, -0.05) is 19.3 Å². The number of nitrogens with zero attached hydrogens (tertiary/aromatic N) is 2. The van der Waals surface area contributed by atoms with Crippen LogP contribution in [0, 0.1) is 5.92 Å². The van der Waals surface area contributed by atoms with Gasteiger partial charge in [-0.05, 0) is 18.8 Å². The van der Waals surface area contributed by atoms with Crippen LogP contribution in [0.15, 0.2) is 12.4 Å². The highest BCUT2D eigenvalue weighted by molar-refractivity contribution is 5.73. The zero-order valence-electron chi connectivity index (χ0n) is 10.1. The van der Waals surface area contributed by atoms with Crippen LogP contribution in [-0.4, -0.2) is 23.4 Å². The first-order valence-electron chi connectivity index (χ1n) is 6.15. The van der Waals surface area contributed by atoms with E-state index in [1.807, 2.05) is 0 Å². The Balaban J connectivity index is 2.12. The van der Waals surface area contributed by atoms with E-state index < -0.39 is 0 Å². The third-order valence-corrected chi connectivity index (χ3v) is 3.41. The van der Waals surface area contributed by atoms with Crippen LogP contribution >= 0.6 is 0 Å². The van der Waals surface area contributed by atoms with Gasteiger partial charge in [0.1, 0.15) is 6.10 Å². The minimum absolute atomic E-state index is 0.0315. The summed E-state index contributed by atoms with van der Waals surface area (Å²) in [6.07, 6.45) is 10.0. The Kier molecular flexibility index (Phi) is 4.20. The topological polar surface area (TPSA) is 52.1 Å². The van der Waals surface area contributed by atoms with Crippen molar-refractivity contribution in [2.24, 2.45) is 5.92 Å². The van der Waals surface area contributed by atoms with E-state index >= 15 is 0 Å². The van der Waals surface area contributed by atoms with Gasteiger partial charge in [0.15, 0.2) is 12.1 Å². The summed E-state index contributed by atoms with van der Waals surface area (Å²) in [5.74, 6) is 1.21. The Bertz CT molecular complexity index is 358. The zero-order valence-corrected chi connectivity index (χ0v) is 10.1. The van der Waals surface area contributed by atoms with Crippen LogP contribution in [0.2, 0.25) is 0 Å². The van der Waals surface area contributed by atoms with Crippen molar-refractivity contribution in [1.29, 1.82) is 0 Å². The molecule has 0 bridgehead atoms. The monoisotopic (exact) mass is 234 g/mol. The van der Waals surface area contributed by atoms with E-state index in [4.69, 9.17) is 4.74 Å². The van der Waals surface area contributed by atoms with Crippen molar-refractivity contribution in [3.05, 3.63) is 23.8 Å². The van der Waals surface area contributed by atoms with E-state index in [0.29, 0.717) is 17.3 Å². The summed E-state index contributed by atoms with van der Waals surface area (Å²) in [5.41, 5.74) is 0.507. The van der Waals surface area contributed by atoms with E-state index in [9.17, 15) is 4.79 Å². The second kappa shape index (κ2) is 5.87. The summed E-state index contributed by atoms with van der Waals surface area (Å²) in [6, 6.07) is 0. The SMILES string of the molecule is COC(c1ncc(C=O)cn1)C1CCCCC1. The van der Waals surface area contributed by atoms with Crippen molar-refractivity contribution in [2.75, 3.05) is 7.11 Å². The number of aromatic nitrogens is 2. The molecule has 4 nitrogen and oxygen atoms in total. The number of ether oxygens (including phenoxy) is 1. The number of rotatable bonds is 4. The third kappa shape index (κ3) is 2.88. The molecule has 1 heterocycles. The van der Waals surface area contributed by atoms with Gasteiger partial charge in [0.2, 0.25) is 0 Å². The highest BCUT2D eigenvalue weighted by atomic mass is 16.5. The minimum Gasteiger partial charge on any atom is -0.373 e. The molecule has 0 aliphatic heterocycles. The maximum absolute atomic E-state index is 10.5. The average Bonchev–Trinajstić information content (AvgIpc) is 2.42. The lowest BCUT2D eigenvalue weighted by molar-refractivity contribution is 0.0289. The van der Waals surface area contributed by atoms with Crippen LogP contribution in [-0.2, 0) is 4.74 Å². The molecular weight excluding hydrogens is 216 g/mol. The maximum atomic E-state index is 10.5. The molecule has 1 atom stereocenters. The summed E-state index contributed by atoms with van der Waals surface area (Å²) >= 11 is 0. The van der Waals surface area contributed by atoms with E-state index in [1.165, 1.54) is 32.1 Å². The van der Waals surface area contributed by atoms with Crippen molar-refractivity contribution in [3.63, 3.8) is 0 Å². The molecular formula is C13H18N2O2. The van der Waals surface area contributed by atoms with E-state index in [1.54, 1.807) is 19.5 Å². The Morgan fingerprint density at radius 3 is 2.47 bits per heavy atom. The maximum Gasteiger partial charge on any atom is 0.157 e. The van der Waals surface area contributed by atoms with Crippen LogP contribution in [0.3, 0.4) is 0 Å². The van der Waals surface area contributed by atoms with Gasteiger partial charge in [-0.15, -0.1) is 0 Å². The number of aldehydes is 1. The highest BCUT2D eigenvalue weighted by Crippen LogP contribution is 2.34. The predicted molar refractivity (Wildman–Crippen MR) is 63.7 cm³/mol. The molecule has 1 saturated carbocycles. The summed E-state index contributed by atoms with van der Waals surface area (Å²) in [5, 5.41) is 0. The molecule has 1 aromatic heterocycles. The second-order valence-corrected chi connectivity index (χ2v) is 4.55. The number of methoxy groups -OCH3 is 1. The fraction of sp³-hybridized carbons (Fsp3) is 0.615. The Morgan fingerprint density at radius 1 is 1.29 bits per heavy atom. The van der Waals surface area contributed by atoms with Crippen molar-refractivity contribution in [3.8, 4) is 0 Å². The van der Waals surface area contributed by atoms with Crippen LogP contribution < -0.4 is 0 Å². The summed E-state index contributed by atoms with van der Waals surface area (Å²) in [7, 11) is 1.70. The molecule has 0 spiro atoms. The van der Waals surface area contributed by atoms with Crippen molar-refractivity contribution >= 4 is 6.29 Å². The van der Waals surface area contributed by atoms with Gasteiger partial charge in [-0.3, -0.25) is 4.79 Å². The standard InChI is InChI=1S/C13H18N2O2/c1-17-12(11-5-3-2-4-6-11)13-14-7-10(9-16)8-15-13/h7-9,11-12H,2-6H2,1H3. The lowest BCUT2D eigenvalue weighted by Gasteiger charge is -2.28. The molecule has 0 aromatic carbocycles. The highest BCUT2D eigenvalue weighted by Gasteiger charge is 2.26. The first-order chi connectivity index (χ1) is 8.35. The Hall–Kier alpha value is -1.29. The normalized spacial score (nSPS) is 18.9. The van der Waals surface area contributed by atoms with Gasteiger partial charge in [-0.25, -0.2) is 9.97 Å². The summed E-state index contributed by atoms with van der Waals surface area (Å²) in [4.78, 5) is 19.0. The molecule has 1 fully saturated rings. The molecule has 1 aromatic rings. The van der Waals surface area contributed by atoms with Crippen LogP contribution in [0.4, 0.5) is 0 Å². The van der Waals surface area contributed by atoms with Gasteiger partial charge in [0, 0.05) is 19.5 Å². The molecule has 2 rings (SSSR count). The van der Waals surface area contributed by atoms with Gasteiger partial charge >= 0.3 is 0 Å². The number of carbonyl (C=O) groups excluding carboxylic acids is 1. The van der Waals surface area contributed by atoms with E-state index in [0.717, 1.165) is 6.29 Å². The average molecular weight is 234 g/mol. The molecule has 1 aliphatic carbocycles. The smallest absolute Gasteiger partial charge is 0.157 e. The molecule has 0 N–H and O–H groups in total. The fourth-order valence-corrected chi connectivity index (χ4v) is 2.50. The zero-order chi connectivity index (χ0) is 12.1. The number of hydrogen-bond acceptors (Lipinski definition) is 4. The van der Waals surface area contributed by atoms with Crippen molar-refractivity contribution in [1.82, 2.24) is 9.97 Å². The van der Waals surface area contributed by atoms with Crippen LogP contribution in [0.5, 0.6) is 0 Å². The first-order valence-corrected chi connectivity index (χ1v) is 6.15.